The summed E-state index contributed by atoms with van der Waals surface area (Å²) in [5.74, 6) is 0.238. The third-order valence-electron chi connectivity index (χ3n) is 2.87. The van der Waals surface area contributed by atoms with E-state index in [1.807, 2.05) is 13.8 Å². The van der Waals surface area contributed by atoms with Crippen LogP contribution in [-0.2, 0) is 20.7 Å². The lowest BCUT2D eigenvalue weighted by Gasteiger charge is -2.15. The molecule has 0 atom stereocenters. The Morgan fingerprint density at radius 1 is 1.37 bits per heavy atom. The molecule has 6 heteroatoms. The molecule has 1 amide bonds. The number of ether oxygens (including phenoxy) is 1. The molecule has 0 saturated heterocycles. The second kappa shape index (κ2) is 6.92. The minimum absolute atomic E-state index is 0.0196. The van der Waals surface area contributed by atoms with Crippen molar-refractivity contribution in [2.75, 3.05) is 20.2 Å². The number of hydrogen-bond donors (Lipinski definition) is 0. The molecule has 0 aliphatic rings. The lowest BCUT2D eigenvalue weighted by Crippen LogP contribution is -2.33. The molecule has 0 unspecified atom stereocenters. The summed E-state index contributed by atoms with van der Waals surface area (Å²) in [5.41, 5.74) is 1.76. The highest BCUT2D eigenvalue weighted by Gasteiger charge is 2.16. The van der Waals surface area contributed by atoms with Crippen LogP contribution in [0.3, 0.4) is 0 Å². The number of esters is 1. The minimum Gasteiger partial charge on any atom is -0.465 e. The highest BCUT2D eigenvalue weighted by Crippen LogP contribution is 2.14. The molecule has 1 aromatic rings. The zero-order valence-electron chi connectivity index (χ0n) is 11.9. The van der Waals surface area contributed by atoms with Crippen LogP contribution in [0.15, 0.2) is 4.52 Å². The first-order valence-corrected chi connectivity index (χ1v) is 6.27. The Labute approximate surface area is 112 Å². The van der Waals surface area contributed by atoms with Crippen molar-refractivity contribution in [2.45, 2.75) is 33.6 Å². The van der Waals surface area contributed by atoms with Gasteiger partial charge in [0.05, 0.1) is 12.3 Å². The molecule has 0 N–H and O–H groups in total. The number of rotatable bonds is 6. The third-order valence-corrected chi connectivity index (χ3v) is 2.87. The van der Waals surface area contributed by atoms with Gasteiger partial charge in [0.2, 0.25) is 5.91 Å². The smallest absolute Gasteiger partial charge is 0.325 e. The summed E-state index contributed by atoms with van der Waals surface area (Å²) in [4.78, 5) is 24.5. The maximum absolute atomic E-state index is 11.9. The van der Waals surface area contributed by atoms with Crippen LogP contribution in [0.25, 0.3) is 0 Å². The second-order valence-corrected chi connectivity index (χ2v) is 4.36. The molecule has 0 saturated carbocycles. The molecule has 1 aromatic heterocycles. The van der Waals surface area contributed by atoms with E-state index in [9.17, 15) is 9.59 Å². The van der Waals surface area contributed by atoms with Crippen molar-refractivity contribution in [2.24, 2.45) is 0 Å². The fraction of sp³-hybridized carbons (Fsp3) is 0.615. The van der Waals surface area contributed by atoms with Crippen molar-refractivity contribution in [3.63, 3.8) is 0 Å². The van der Waals surface area contributed by atoms with E-state index in [-0.39, 0.29) is 12.5 Å². The van der Waals surface area contributed by atoms with Crippen LogP contribution < -0.4 is 0 Å². The number of carbonyl (C=O) groups is 2. The van der Waals surface area contributed by atoms with E-state index < -0.39 is 5.97 Å². The van der Waals surface area contributed by atoms with Crippen molar-refractivity contribution < 1.29 is 18.8 Å². The fourth-order valence-corrected chi connectivity index (χ4v) is 1.77. The summed E-state index contributed by atoms with van der Waals surface area (Å²) in [5, 5.41) is 3.84. The molecule has 6 nitrogen and oxygen atoms in total. The molecule has 0 radical (unpaired) electrons. The Hall–Kier alpha value is -1.85. The molecular weight excluding hydrogens is 248 g/mol. The molecule has 106 valence electrons. The number of carbonyl (C=O) groups excluding carboxylic acids is 2. The fourth-order valence-electron chi connectivity index (χ4n) is 1.77. The van der Waals surface area contributed by atoms with Gasteiger partial charge in [0, 0.05) is 19.0 Å². The first-order chi connectivity index (χ1) is 8.95. The van der Waals surface area contributed by atoms with Crippen LogP contribution >= 0.6 is 0 Å². The molecule has 0 aliphatic heterocycles. The molecule has 0 fully saturated rings. The summed E-state index contributed by atoms with van der Waals surface area (Å²) < 4.78 is 9.83. The Morgan fingerprint density at radius 3 is 2.58 bits per heavy atom. The Kier molecular flexibility index (Phi) is 5.54. The lowest BCUT2D eigenvalue weighted by atomic mass is 10.1. The predicted molar refractivity (Wildman–Crippen MR) is 68.6 cm³/mol. The van der Waals surface area contributed by atoms with E-state index in [0.29, 0.717) is 19.4 Å². The highest BCUT2D eigenvalue weighted by atomic mass is 16.5. The SMILES string of the molecule is CCOC(=O)CN(C)C(=O)CCc1c(C)noc1C. The van der Waals surface area contributed by atoms with E-state index in [0.717, 1.165) is 17.0 Å². The van der Waals surface area contributed by atoms with Gasteiger partial charge in [-0.25, -0.2) is 0 Å². The van der Waals surface area contributed by atoms with Crippen molar-refractivity contribution >= 4 is 11.9 Å². The largest absolute Gasteiger partial charge is 0.465 e. The zero-order chi connectivity index (χ0) is 14.4. The van der Waals surface area contributed by atoms with Crippen molar-refractivity contribution in [3.05, 3.63) is 17.0 Å². The molecule has 0 aliphatic carbocycles. The summed E-state index contributed by atoms with van der Waals surface area (Å²) in [7, 11) is 1.59. The van der Waals surface area contributed by atoms with Crippen LogP contribution in [0.1, 0.15) is 30.4 Å². The first-order valence-electron chi connectivity index (χ1n) is 6.27. The number of hydrogen-bond acceptors (Lipinski definition) is 5. The molecule has 0 spiro atoms. The van der Waals surface area contributed by atoms with Crippen LogP contribution in [0.2, 0.25) is 0 Å². The number of likely N-dealkylation sites (N-methyl/N-ethyl adjacent to an activating group) is 1. The maximum Gasteiger partial charge on any atom is 0.325 e. The van der Waals surface area contributed by atoms with Gasteiger partial charge in [0.1, 0.15) is 12.3 Å². The average molecular weight is 268 g/mol. The van der Waals surface area contributed by atoms with Crippen LogP contribution in [0.5, 0.6) is 0 Å². The van der Waals surface area contributed by atoms with Gasteiger partial charge in [-0.3, -0.25) is 9.59 Å². The number of aryl methyl sites for hydroxylation is 2. The van der Waals surface area contributed by atoms with E-state index in [2.05, 4.69) is 5.16 Å². The van der Waals surface area contributed by atoms with Crippen molar-refractivity contribution in [1.82, 2.24) is 10.1 Å². The summed E-state index contributed by atoms with van der Waals surface area (Å²) in [6.07, 6.45) is 0.881. The second-order valence-electron chi connectivity index (χ2n) is 4.36. The minimum atomic E-state index is -0.393. The molecule has 1 heterocycles. The Bertz CT molecular complexity index is 434. The zero-order valence-corrected chi connectivity index (χ0v) is 11.9. The van der Waals surface area contributed by atoms with E-state index >= 15 is 0 Å². The van der Waals surface area contributed by atoms with Crippen molar-refractivity contribution in [3.8, 4) is 0 Å². The van der Waals surface area contributed by atoms with Crippen LogP contribution in [0, 0.1) is 13.8 Å². The van der Waals surface area contributed by atoms with Gasteiger partial charge in [0.25, 0.3) is 0 Å². The maximum atomic E-state index is 11.9. The normalized spacial score (nSPS) is 10.3. The average Bonchev–Trinajstić information content (AvgIpc) is 2.66. The summed E-state index contributed by atoms with van der Waals surface area (Å²) in [6, 6.07) is 0. The third kappa shape index (κ3) is 4.39. The first kappa shape index (κ1) is 15.2. The van der Waals surface area contributed by atoms with Crippen LogP contribution in [0.4, 0.5) is 0 Å². The Balaban J connectivity index is 2.45. The van der Waals surface area contributed by atoms with Crippen LogP contribution in [-0.4, -0.2) is 42.1 Å². The van der Waals surface area contributed by atoms with Gasteiger partial charge >= 0.3 is 5.97 Å². The summed E-state index contributed by atoms with van der Waals surface area (Å²) >= 11 is 0. The van der Waals surface area contributed by atoms with Gasteiger partial charge in [-0.2, -0.15) is 0 Å². The van der Waals surface area contributed by atoms with Gasteiger partial charge in [-0.1, -0.05) is 5.16 Å². The predicted octanol–water partition coefficient (Wildman–Crippen LogP) is 1.25. The standard InChI is InChI=1S/C13H20N2O4/c1-5-18-13(17)8-15(4)12(16)7-6-11-9(2)14-19-10(11)3/h5-8H2,1-4H3. The number of amides is 1. The van der Waals surface area contributed by atoms with Gasteiger partial charge in [0.15, 0.2) is 0 Å². The molecule has 1 rings (SSSR count). The van der Waals surface area contributed by atoms with E-state index in [1.165, 1.54) is 4.90 Å². The van der Waals surface area contributed by atoms with Gasteiger partial charge < -0.3 is 14.2 Å². The van der Waals surface area contributed by atoms with E-state index in [1.54, 1.807) is 14.0 Å². The highest BCUT2D eigenvalue weighted by molar-refractivity contribution is 5.81. The van der Waals surface area contributed by atoms with Crippen molar-refractivity contribution in [1.29, 1.82) is 0 Å². The Morgan fingerprint density at radius 2 is 2.05 bits per heavy atom. The number of nitrogens with zero attached hydrogens (tertiary/aromatic N) is 2. The molecule has 19 heavy (non-hydrogen) atoms. The van der Waals surface area contributed by atoms with Gasteiger partial charge in [-0.15, -0.1) is 0 Å². The lowest BCUT2D eigenvalue weighted by molar-refractivity contribution is -0.148. The molecule has 0 bridgehead atoms. The van der Waals surface area contributed by atoms with E-state index in [4.69, 9.17) is 9.26 Å². The quantitative estimate of drug-likeness (QED) is 0.726. The monoisotopic (exact) mass is 268 g/mol. The summed E-state index contributed by atoms with van der Waals surface area (Å²) in [6.45, 7) is 5.70. The van der Waals surface area contributed by atoms with Gasteiger partial charge in [-0.05, 0) is 27.2 Å². The molecule has 0 aromatic carbocycles. The molecular formula is C13H20N2O4. The number of aromatic nitrogens is 1. The topological polar surface area (TPSA) is 72.6 Å².